The van der Waals surface area contributed by atoms with E-state index in [9.17, 15) is 9.59 Å². The molecule has 0 aliphatic heterocycles. The molecule has 1 amide bonds. The number of ether oxygens (including phenoxy) is 2. The van der Waals surface area contributed by atoms with Gasteiger partial charge in [-0.1, -0.05) is 18.2 Å². The summed E-state index contributed by atoms with van der Waals surface area (Å²) in [5.74, 6) is -0.390. The minimum absolute atomic E-state index is 0. The van der Waals surface area contributed by atoms with Gasteiger partial charge in [0.05, 0.1) is 25.5 Å². The molecular weight excluding hydrogens is 333 g/mol. The Morgan fingerprint density at radius 3 is 2.36 bits per heavy atom. The number of aromatic carboxylic acids is 1. The van der Waals surface area contributed by atoms with Gasteiger partial charge in [-0.3, -0.25) is 4.79 Å². The number of hydrogen-bond acceptors (Lipinski definition) is 4. The number of nitrogens with one attached hydrogen (secondary N) is 1. The standard InChI is InChI=1S/C18H17NO5.Na.H/c1-23-15-9-7-12(11-16(15)24-2)8-10-17(20)19-14-6-4-3-5-13(14)18(21)22;;/h3-11H,1-2H3,(H,19,20)(H,21,22);;. The molecule has 0 saturated heterocycles. The van der Waals surface area contributed by atoms with E-state index in [2.05, 4.69) is 5.32 Å². The first-order chi connectivity index (χ1) is 11.5. The van der Waals surface area contributed by atoms with E-state index >= 15 is 0 Å². The van der Waals surface area contributed by atoms with Crippen LogP contribution < -0.4 is 14.8 Å². The van der Waals surface area contributed by atoms with Gasteiger partial charge in [0, 0.05) is 6.08 Å². The zero-order valence-corrected chi connectivity index (χ0v) is 13.3. The summed E-state index contributed by atoms with van der Waals surface area (Å²) in [5.41, 5.74) is 1.02. The second kappa shape index (κ2) is 9.88. The van der Waals surface area contributed by atoms with Crippen molar-refractivity contribution in [1.29, 1.82) is 0 Å². The van der Waals surface area contributed by atoms with Crippen LogP contribution >= 0.6 is 0 Å². The second-order valence-corrected chi connectivity index (χ2v) is 4.79. The van der Waals surface area contributed by atoms with Crippen LogP contribution in [0.25, 0.3) is 6.08 Å². The number of carboxylic acid groups (broad SMARTS) is 1. The van der Waals surface area contributed by atoms with Gasteiger partial charge in [-0.05, 0) is 35.9 Å². The maximum atomic E-state index is 12.0. The number of rotatable bonds is 6. The number of carbonyl (C=O) groups is 2. The molecule has 2 aromatic rings. The fourth-order valence-electron chi connectivity index (χ4n) is 2.08. The van der Waals surface area contributed by atoms with Crippen LogP contribution in [0.2, 0.25) is 0 Å². The summed E-state index contributed by atoms with van der Waals surface area (Å²) < 4.78 is 10.3. The van der Waals surface area contributed by atoms with Gasteiger partial charge in [0.1, 0.15) is 0 Å². The molecule has 2 aromatic carbocycles. The molecule has 0 saturated carbocycles. The van der Waals surface area contributed by atoms with Crippen molar-refractivity contribution in [2.75, 3.05) is 19.5 Å². The summed E-state index contributed by atoms with van der Waals surface area (Å²) in [6, 6.07) is 11.4. The summed E-state index contributed by atoms with van der Waals surface area (Å²) in [5, 5.41) is 11.6. The number of methoxy groups -OCH3 is 2. The Morgan fingerprint density at radius 1 is 1.04 bits per heavy atom. The molecule has 2 rings (SSSR count). The number of carbonyl (C=O) groups excluding carboxylic acids is 1. The van der Waals surface area contributed by atoms with Gasteiger partial charge in [0.25, 0.3) is 0 Å². The molecule has 0 unspecified atom stereocenters. The molecule has 0 aromatic heterocycles. The zero-order chi connectivity index (χ0) is 17.5. The predicted molar refractivity (Wildman–Crippen MR) is 97.8 cm³/mol. The molecule has 25 heavy (non-hydrogen) atoms. The normalized spacial score (nSPS) is 10.0. The third-order valence-corrected chi connectivity index (χ3v) is 3.25. The summed E-state index contributed by atoms with van der Waals surface area (Å²) in [6.45, 7) is 0. The third kappa shape index (κ3) is 5.63. The third-order valence-electron chi connectivity index (χ3n) is 3.25. The first kappa shape index (κ1) is 20.8. The van der Waals surface area contributed by atoms with Crippen molar-refractivity contribution in [3.63, 3.8) is 0 Å². The Balaban J connectivity index is 0.00000312. The molecule has 0 atom stereocenters. The van der Waals surface area contributed by atoms with E-state index in [1.165, 1.54) is 25.3 Å². The van der Waals surface area contributed by atoms with E-state index in [0.29, 0.717) is 11.5 Å². The Kier molecular flexibility index (Phi) is 8.21. The summed E-state index contributed by atoms with van der Waals surface area (Å²) in [4.78, 5) is 23.1. The van der Waals surface area contributed by atoms with Gasteiger partial charge in [-0.25, -0.2) is 4.79 Å². The summed E-state index contributed by atoms with van der Waals surface area (Å²) >= 11 is 0. The fraction of sp³-hybridized carbons (Fsp3) is 0.111. The van der Waals surface area contributed by atoms with Crippen molar-refractivity contribution in [2.45, 2.75) is 0 Å². The van der Waals surface area contributed by atoms with E-state index in [4.69, 9.17) is 14.6 Å². The SMILES string of the molecule is COc1ccc(C=CC(=O)Nc2ccccc2C(=O)O)cc1OC.[NaH]. The van der Waals surface area contributed by atoms with Crippen LogP contribution in [0.3, 0.4) is 0 Å². The van der Waals surface area contributed by atoms with Crippen LogP contribution in [-0.2, 0) is 4.79 Å². The van der Waals surface area contributed by atoms with E-state index in [0.717, 1.165) is 5.56 Å². The van der Waals surface area contributed by atoms with Crippen molar-refractivity contribution >= 4 is 53.2 Å². The molecule has 0 fully saturated rings. The number of anilines is 1. The summed E-state index contributed by atoms with van der Waals surface area (Å²) in [7, 11) is 3.07. The van der Waals surface area contributed by atoms with Crippen LogP contribution in [0.4, 0.5) is 5.69 Å². The van der Waals surface area contributed by atoms with Crippen LogP contribution in [0, 0.1) is 0 Å². The van der Waals surface area contributed by atoms with Crippen molar-refractivity contribution in [2.24, 2.45) is 0 Å². The Morgan fingerprint density at radius 2 is 1.72 bits per heavy atom. The number of benzene rings is 2. The molecule has 0 spiro atoms. The quantitative estimate of drug-likeness (QED) is 0.617. The van der Waals surface area contributed by atoms with E-state index in [1.807, 2.05) is 0 Å². The maximum absolute atomic E-state index is 12.0. The average Bonchev–Trinajstić information content (AvgIpc) is 2.59. The van der Waals surface area contributed by atoms with E-state index in [1.54, 1.807) is 43.5 Å². The van der Waals surface area contributed by atoms with Gasteiger partial charge in [0.2, 0.25) is 5.91 Å². The molecule has 6 nitrogen and oxygen atoms in total. The molecule has 0 aliphatic rings. The monoisotopic (exact) mass is 351 g/mol. The molecule has 7 heteroatoms. The van der Waals surface area contributed by atoms with E-state index in [-0.39, 0.29) is 40.8 Å². The van der Waals surface area contributed by atoms with Crippen LogP contribution in [0.1, 0.15) is 15.9 Å². The summed E-state index contributed by atoms with van der Waals surface area (Å²) in [6.07, 6.45) is 2.92. The first-order valence-corrected chi connectivity index (χ1v) is 7.08. The molecular formula is C18H18NNaO5. The molecule has 0 radical (unpaired) electrons. The van der Waals surface area contributed by atoms with Crippen LogP contribution in [0.5, 0.6) is 11.5 Å². The van der Waals surface area contributed by atoms with E-state index < -0.39 is 11.9 Å². The number of para-hydroxylation sites is 1. The van der Waals surface area contributed by atoms with Crippen molar-refractivity contribution in [1.82, 2.24) is 0 Å². The fourth-order valence-corrected chi connectivity index (χ4v) is 2.08. The van der Waals surface area contributed by atoms with Crippen molar-refractivity contribution in [3.05, 3.63) is 59.7 Å². The Labute approximate surface area is 167 Å². The first-order valence-electron chi connectivity index (χ1n) is 7.08. The average molecular weight is 351 g/mol. The minimum atomic E-state index is -1.10. The second-order valence-electron chi connectivity index (χ2n) is 4.79. The molecule has 126 valence electrons. The molecule has 2 N–H and O–H groups in total. The van der Waals surface area contributed by atoms with Gasteiger partial charge in [-0.15, -0.1) is 0 Å². The Bertz CT molecular complexity index is 789. The van der Waals surface area contributed by atoms with Gasteiger partial charge < -0.3 is 19.9 Å². The number of amides is 1. The Hall–Kier alpha value is -2.28. The van der Waals surface area contributed by atoms with Gasteiger partial charge in [0.15, 0.2) is 11.5 Å². The number of carboxylic acids is 1. The van der Waals surface area contributed by atoms with Gasteiger partial charge >= 0.3 is 35.5 Å². The molecule has 0 heterocycles. The number of hydrogen-bond donors (Lipinski definition) is 2. The molecule has 0 bridgehead atoms. The van der Waals surface area contributed by atoms with Crippen LogP contribution in [-0.4, -0.2) is 60.8 Å². The van der Waals surface area contributed by atoms with Crippen molar-refractivity contribution < 1.29 is 24.2 Å². The molecule has 0 aliphatic carbocycles. The topological polar surface area (TPSA) is 84.9 Å². The van der Waals surface area contributed by atoms with Crippen molar-refractivity contribution in [3.8, 4) is 11.5 Å². The zero-order valence-electron chi connectivity index (χ0n) is 13.3. The van der Waals surface area contributed by atoms with Gasteiger partial charge in [-0.2, -0.15) is 0 Å². The van der Waals surface area contributed by atoms with Crippen LogP contribution in [0.15, 0.2) is 48.5 Å². The predicted octanol–water partition coefficient (Wildman–Crippen LogP) is 2.41.